The third-order valence-corrected chi connectivity index (χ3v) is 3.33. The Morgan fingerprint density at radius 3 is 2.94 bits per heavy atom. The summed E-state index contributed by atoms with van der Waals surface area (Å²) in [5.41, 5.74) is 0.707. The molecule has 1 aromatic heterocycles. The van der Waals surface area contributed by atoms with Crippen molar-refractivity contribution in [2.75, 3.05) is 19.6 Å². The lowest BCUT2D eigenvalue weighted by molar-refractivity contribution is -0.128. The van der Waals surface area contributed by atoms with Crippen molar-refractivity contribution in [3.05, 3.63) is 24.0 Å². The molecule has 1 saturated heterocycles. The van der Waals surface area contributed by atoms with Gasteiger partial charge in [-0.25, -0.2) is 0 Å². The van der Waals surface area contributed by atoms with Crippen LogP contribution in [0.2, 0.25) is 0 Å². The lowest BCUT2D eigenvalue weighted by Gasteiger charge is -2.33. The minimum Gasteiger partial charge on any atom is -0.357 e. The standard InChI is InChI=1S/C13H19N3O2/c1-3-11-13(18)14-5-7-16(11)9-12(17)10-4-6-15(2)8-10/h4,6,8,11H,3,5,7,9H2,1-2H3,(H,14,18). The van der Waals surface area contributed by atoms with Crippen LogP contribution >= 0.6 is 0 Å². The van der Waals surface area contributed by atoms with E-state index in [4.69, 9.17) is 0 Å². The van der Waals surface area contributed by atoms with Crippen molar-refractivity contribution in [3.63, 3.8) is 0 Å². The molecule has 0 saturated carbocycles. The number of carbonyl (C=O) groups excluding carboxylic acids is 2. The molecule has 1 fully saturated rings. The first-order valence-electron chi connectivity index (χ1n) is 6.28. The molecule has 1 N–H and O–H groups in total. The molecule has 1 aliphatic rings. The van der Waals surface area contributed by atoms with Crippen molar-refractivity contribution in [3.8, 4) is 0 Å². The number of nitrogens with zero attached hydrogens (tertiary/aromatic N) is 2. The fraction of sp³-hybridized carbons (Fsp3) is 0.538. The maximum Gasteiger partial charge on any atom is 0.237 e. The average molecular weight is 249 g/mol. The van der Waals surface area contributed by atoms with Crippen molar-refractivity contribution in [1.29, 1.82) is 0 Å². The normalized spacial score (nSPS) is 20.8. The molecule has 0 spiro atoms. The average Bonchev–Trinajstić information content (AvgIpc) is 2.76. The highest BCUT2D eigenvalue weighted by molar-refractivity contribution is 5.98. The van der Waals surface area contributed by atoms with Crippen LogP contribution in [-0.2, 0) is 11.8 Å². The van der Waals surface area contributed by atoms with Gasteiger partial charge in [0.25, 0.3) is 0 Å². The van der Waals surface area contributed by atoms with E-state index in [9.17, 15) is 9.59 Å². The van der Waals surface area contributed by atoms with Gasteiger partial charge < -0.3 is 9.88 Å². The van der Waals surface area contributed by atoms with Gasteiger partial charge in [-0.1, -0.05) is 6.92 Å². The Morgan fingerprint density at radius 2 is 2.33 bits per heavy atom. The summed E-state index contributed by atoms with van der Waals surface area (Å²) in [6, 6.07) is 1.64. The molecular weight excluding hydrogens is 230 g/mol. The highest BCUT2D eigenvalue weighted by Crippen LogP contribution is 2.10. The summed E-state index contributed by atoms with van der Waals surface area (Å²) in [7, 11) is 1.89. The van der Waals surface area contributed by atoms with Gasteiger partial charge in [-0.2, -0.15) is 0 Å². The summed E-state index contributed by atoms with van der Waals surface area (Å²) in [6.45, 7) is 3.64. The van der Waals surface area contributed by atoms with E-state index in [-0.39, 0.29) is 17.7 Å². The highest BCUT2D eigenvalue weighted by Gasteiger charge is 2.29. The number of amides is 1. The topological polar surface area (TPSA) is 54.3 Å². The fourth-order valence-corrected chi connectivity index (χ4v) is 2.34. The first-order chi connectivity index (χ1) is 8.61. The number of Topliss-reactive ketones (excluding diaryl/α,β-unsaturated/α-hetero) is 1. The van der Waals surface area contributed by atoms with Crippen LogP contribution in [0.15, 0.2) is 18.5 Å². The second-order valence-corrected chi connectivity index (χ2v) is 4.67. The molecular formula is C13H19N3O2. The van der Waals surface area contributed by atoms with Crippen LogP contribution in [0, 0.1) is 0 Å². The van der Waals surface area contributed by atoms with Crippen LogP contribution in [0.4, 0.5) is 0 Å². The minimum atomic E-state index is -0.175. The quantitative estimate of drug-likeness (QED) is 0.787. The van der Waals surface area contributed by atoms with Gasteiger partial charge in [0.15, 0.2) is 5.78 Å². The minimum absolute atomic E-state index is 0.0320. The van der Waals surface area contributed by atoms with Gasteiger partial charge in [-0.3, -0.25) is 14.5 Å². The molecule has 5 nitrogen and oxygen atoms in total. The maximum atomic E-state index is 12.1. The smallest absolute Gasteiger partial charge is 0.237 e. The molecule has 18 heavy (non-hydrogen) atoms. The summed E-state index contributed by atoms with van der Waals surface area (Å²) in [6.07, 6.45) is 4.40. The number of rotatable bonds is 4. The Morgan fingerprint density at radius 1 is 1.56 bits per heavy atom. The first kappa shape index (κ1) is 12.8. The monoisotopic (exact) mass is 249 g/mol. The summed E-state index contributed by atoms with van der Waals surface area (Å²) >= 11 is 0. The molecule has 1 aliphatic heterocycles. The molecule has 1 aromatic rings. The molecule has 5 heteroatoms. The molecule has 1 atom stereocenters. The third-order valence-electron chi connectivity index (χ3n) is 3.33. The van der Waals surface area contributed by atoms with Crippen molar-refractivity contribution >= 4 is 11.7 Å². The van der Waals surface area contributed by atoms with E-state index in [0.29, 0.717) is 18.7 Å². The Kier molecular flexibility index (Phi) is 3.81. The molecule has 2 rings (SSSR count). The number of aromatic nitrogens is 1. The van der Waals surface area contributed by atoms with Gasteiger partial charge in [0, 0.05) is 38.1 Å². The Labute approximate surface area is 107 Å². The molecule has 98 valence electrons. The van der Waals surface area contributed by atoms with E-state index in [1.54, 1.807) is 0 Å². The zero-order valence-corrected chi connectivity index (χ0v) is 10.8. The summed E-state index contributed by atoms with van der Waals surface area (Å²) in [4.78, 5) is 25.8. The van der Waals surface area contributed by atoms with Crippen LogP contribution in [0.5, 0.6) is 0 Å². The Balaban J connectivity index is 2.03. The predicted molar refractivity (Wildman–Crippen MR) is 68.4 cm³/mol. The van der Waals surface area contributed by atoms with Crippen molar-refractivity contribution < 1.29 is 9.59 Å². The molecule has 1 amide bonds. The maximum absolute atomic E-state index is 12.1. The lowest BCUT2D eigenvalue weighted by atomic mass is 10.1. The van der Waals surface area contributed by atoms with E-state index < -0.39 is 0 Å². The number of hydrogen-bond acceptors (Lipinski definition) is 3. The fourth-order valence-electron chi connectivity index (χ4n) is 2.34. The Bertz CT molecular complexity index is 453. The molecule has 0 aliphatic carbocycles. The molecule has 0 radical (unpaired) electrons. The van der Waals surface area contributed by atoms with Crippen LogP contribution in [0.3, 0.4) is 0 Å². The SMILES string of the molecule is CCC1C(=O)NCCN1CC(=O)c1ccn(C)c1. The number of aryl methyl sites for hydroxylation is 1. The summed E-state index contributed by atoms with van der Waals surface area (Å²) in [5, 5.41) is 2.83. The third kappa shape index (κ3) is 2.61. The van der Waals surface area contributed by atoms with Gasteiger partial charge in [0.2, 0.25) is 5.91 Å². The molecule has 2 heterocycles. The van der Waals surface area contributed by atoms with E-state index in [1.165, 1.54) is 0 Å². The predicted octanol–water partition coefficient (Wildman–Crippen LogP) is 0.418. The van der Waals surface area contributed by atoms with Crippen LogP contribution in [0.25, 0.3) is 0 Å². The number of piperazine rings is 1. The first-order valence-corrected chi connectivity index (χ1v) is 6.28. The van der Waals surface area contributed by atoms with Gasteiger partial charge in [-0.05, 0) is 12.5 Å². The van der Waals surface area contributed by atoms with E-state index in [1.807, 2.05) is 41.9 Å². The summed E-state index contributed by atoms with van der Waals surface area (Å²) < 4.78 is 1.85. The second kappa shape index (κ2) is 5.35. The van der Waals surface area contributed by atoms with Gasteiger partial charge in [0.1, 0.15) is 0 Å². The molecule has 0 aromatic carbocycles. The van der Waals surface area contributed by atoms with Crippen molar-refractivity contribution in [2.45, 2.75) is 19.4 Å². The largest absolute Gasteiger partial charge is 0.357 e. The van der Waals surface area contributed by atoms with Crippen molar-refractivity contribution in [2.24, 2.45) is 7.05 Å². The highest BCUT2D eigenvalue weighted by atomic mass is 16.2. The molecule has 1 unspecified atom stereocenters. The van der Waals surface area contributed by atoms with Gasteiger partial charge >= 0.3 is 0 Å². The van der Waals surface area contributed by atoms with Gasteiger partial charge in [0.05, 0.1) is 12.6 Å². The number of ketones is 1. The zero-order valence-electron chi connectivity index (χ0n) is 10.8. The van der Waals surface area contributed by atoms with Crippen LogP contribution in [0.1, 0.15) is 23.7 Å². The van der Waals surface area contributed by atoms with E-state index >= 15 is 0 Å². The Hall–Kier alpha value is -1.62. The van der Waals surface area contributed by atoms with E-state index in [2.05, 4.69) is 5.32 Å². The molecule has 0 bridgehead atoms. The number of carbonyl (C=O) groups is 2. The van der Waals surface area contributed by atoms with Gasteiger partial charge in [-0.15, -0.1) is 0 Å². The number of nitrogens with one attached hydrogen (secondary N) is 1. The van der Waals surface area contributed by atoms with Crippen LogP contribution in [-0.4, -0.2) is 46.8 Å². The van der Waals surface area contributed by atoms with Crippen LogP contribution < -0.4 is 5.32 Å². The zero-order chi connectivity index (χ0) is 13.1. The lowest BCUT2D eigenvalue weighted by Crippen LogP contribution is -2.56. The number of hydrogen-bond donors (Lipinski definition) is 1. The van der Waals surface area contributed by atoms with E-state index in [0.717, 1.165) is 13.0 Å². The summed E-state index contributed by atoms with van der Waals surface area (Å²) in [5.74, 6) is 0.105. The van der Waals surface area contributed by atoms with Crippen molar-refractivity contribution in [1.82, 2.24) is 14.8 Å². The second-order valence-electron chi connectivity index (χ2n) is 4.67.